The molecule has 208 valence electrons. The van der Waals surface area contributed by atoms with Gasteiger partial charge in [-0.3, -0.25) is 24.7 Å². The zero-order valence-corrected chi connectivity index (χ0v) is 22.3. The molecule has 1 heterocycles. The number of guanidine groups is 1. The number of nitrogens with zero attached hydrogens (tertiary/aromatic N) is 2. The second kappa shape index (κ2) is 12.7. The largest absolute Gasteiger partial charge is 0.481 e. The molecule has 1 aromatic heterocycles. The third-order valence-corrected chi connectivity index (χ3v) is 8.05. The second-order valence-corrected chi connectivity index (χ2v) is 10.8. The third-order valence-electron chi connectivity index (χ3n) is 5.89. The normalized spacial score (nSPS) is 12.2. The van der Waals surface area contributed by atoms with Gasteiger partial charge in [-0.15, -0.1) is 0 Å². The lowest BCUT2D eigenvalue weighted by Crippen LogP contribution is -2.36. The lowest BCUT2D eigenvalue weighted by molar-refractivity contribution is -0.137. The highest BCUT2D eigenvalue weighted by molar-refractivity contribution is 7.91. The van der Waals surface area contributed by atoms with Crippen molar-refractivity contribution < 1.29 is 27.9 Å². The Balaban J connectivity index is 1.52. The molecule has 0 radical (unpaired) electrons. The second-order valence-electron chi connectivity index (χ2n) is 8.73. The molecule has 11 nitrogen and oxygen atoms in total. The van der Waals surface area contributed by atoms with Crippen molar-refractivity contribution in [2.24, 2.45) is 10.7 Å². The number of carboxylic acid groups (broad SMARTS) is 1. The van der Waals surface area contributed by atoms with E-state index in [1.54, 1.807) is 36.4 Å². The van der Waals surface area contributed by atoms with E-state index in [9.17, 15) is 27.9 Å². The van der Waals surface area contributed by atoms with Crippen molar-refractivity contribution in [3.05, 3.63) is 120 Å². The first-order chi connectivity index (χ1) is 19.6. The Hall–Kier alpha value is -5.36. The number of carbonyl (C=O) groups is 3. The Kier molecular flexibility index (Phi) is 8.85. The molecule has 4 rings (SSSR count). The highest BCUT2D eigenvalue weighted by atomic mass is 32.2. The molecule has 12 heteroatoms. The summed E-state index contributed by atoms with van der Waals surface area (Å²) >= 11 is 0. The standard InChI is InChI=1S/C29H25N5O6S/c30-29(34-28(38)19-7-2-1-3-8-19)32-22-14-12-20(13-15-22)27(37)33-23-10-4-5-11-24(23)41(39,40)25(17-26(35)36)21-9-6-16-31-18-21/h1-16,18,25H,17H2,(H,33,37)(H,35,36)(H3,30,32,34,38). The maximum atomic E-state index is 13.6. The van der Waals surface area contributed by atoms with Crippen LogP contribution in [0.3, 0.4) is 0 Å². The summed E-state index contributed by atoms with van der Waals surface area (Å²) in [4.78, 5) is 44.6. The highest BCUT2D eigenvalue weighted by Crippen LogP contribution is 2.35. The van der Waals surface area contributed by atoms with Crippen molar-refractivity contribution in [1.82, 2.24) is 10.3 Å². The number of hydrogen-bond donors (Lipinski definition) is 4. The Morgan fingerprint density at radius 3 is 2.17 bits per heavy atom. The fourth-order valence-electron chi connectivity index (χ4n) is 3.93. The molecule has 0 aliphatic rings. The number of pyridine rings is 1. The summed E-state index contributed by atoms with van der Waals surface area (Å²) in [7, 11) is -4.26. The summed E-state index contributed by atoms with van der Waals surface area (Å²) in [5.41, 5.74) is 7.01. The summed E-state index contributed by atoms with van der Waals surface area (Å²) in [6, 6.07) is 23.2. The topological polar surface area (TPSA) is 181 Å². The fourth-order valence-corrected chi connectivity index (χ4v) is 5.79. The minimum atomic E-state index is -4.26. The van der Waals surface area contributed by atoms with Gasteiger partial charge in [-0.25, -0.2) is 13.4 Å². The third kappa shape index (κ3) is 7.19. The number of nitrogens with one attached hydrogen (secondary N) is 2. The number of benzene rings is 3. The van der Waals surface area contributed by atoms with Crippen LogP contribution in [0.15, 0.2) is 113 Å². The molecule has 0 spiro atoms. The van der Waals surface area contributed by atoms with Gasteiger partial charge in [0.05, 0.1) is 22.7 Å². The van der Waals surface area contributed by atoms with Gasteiger partial charge in [-0.1, -0.05) is 36.4 Å². The molecule has 0 bridgehead atoms. The molecule has 4 aromatic rings. The molecule has 1 atom stereocenters. The number of anilines is 1. The van der Waals surface area contributed by atoms with Gasteiger partial charge in [0.15, 0.2) is 9.84 Å². The summed E-state index contributed by atoms with van der Waals surface area (Å²) in [5.74, 6) is -2.47. The van der Waals surface area contributed by atoms with E-state index in [0.29, 0.717) is 11.3 Å². The first kappa shape index (κ1) is 28.6. The zero-order chi connectivity index (χ0) is 29.4. The van der Waals surface area contributed by atoms with Crippen LogP contribution in [0.5, 0.6) is 0 Å². The molecule has 0 aliphatic carbocycles. The van der Waals surface area contributed by atoms with E-state index >= 15 is 0 Å². The Morgan fingerprint density at radius 2 is 1.51 bits per heavy atom. The number of sulfone groups is 1. The zero-order valence-electron chi connectivity index (χ0n) is 21.5. The summed E-state index contributed by atoms with van der Waals surface area (Å²) in [5, 5.41) is 13.1. The van der Waals surface area contributed by atoms with Gasteiger partial charge in [0, 0.05) is 23.5 Å². The minimum Gasteiger partial charge on any atom is -0.481 e. The van der Waals surface area contributed by atoms with Crippen molar-refractivity contribution in [3.8, 4) is 0 Å². The van der Waals surface area contributed by atoms with Crippen molar-refractivity contribution in [1.29, 1.82) is 0 Å². The number of nitrogens with two attached hydrogens (primary N) is 1. The van der Waals surface area contributed by atoms with E-state index in [-0.39, 0.29) is 27.7 Å². The number of amides is 2. The van der Waals surface area contributed by atoms with Crippen LogP contribution in [0.2, 0.25) is 0 Å². The number of aliphatic imine (C=N–C) groups is 1. The maximum absolute atomic E-state index is 13.6. The Bertz CT molecular complexity index is 1690. The molecule has 3 aromatic carbocycles. The van der Waals surface area contributed by atoms with Gasteiger partial charge in [0.2, 0.25) is 5.96 Å². The van der Waals surface area contributed by atoms with E-state index in [2.05, 4.69) is 20.6 Å². The van der Waals surface area contributed by atoms with Crippen molar-refractivity contribution >= 4 is 45.0 Å². The Labute approximate surface area is 235 Å². The molecule has 0 saturated heterocycles. The molecule has 0 aliphatic heterocycles. The van der Waals surface area contributed by atoms with Gasteiger partial charge in [0.25, 0.3) is 11.8 Å². The van der Waals surface area contributed by atoms with Crippen molar-refractivity contribution in [3.63, 3.8) is 0 Å². The summed E-state index contributed by atoms with van der Waals surface area (Å²) in [6.45, 7) is 0. The Morgan fingerprint density at radius 1 is 0.854 bits per heavy atom. The van der Waals surface area contributed by atoms with E-state index in [1.165, 1.54) is 67.0 Å². The van der Waals surface area contributed by atoms with Crippen LogP contribution in [0.1, 0.15) is 38.0 Å². The average molecular weight is 572 g/mol. The first-order valence-electron chi connectivity index (χ1n) is 12.2. The van der Waals surface area contributed by atoms with Gasteiger partial charge in [-0.2, -0.15) is 0 Å². The lowest BCUT2D eigenvalue weighted by Gasteiger charge is -2.19. The quantitative estimate of drug-likeness (QED) is 0.173. The van der Waals surface area contributed by atoms with Gasteiger partial charge in [-0.05, 0) is 60.2 Å². The minimum absolute atomic E-state index is 0.00764. The van der Waals surface area contributed by atoms with Crippen LogP contribution in [0, 0.1) is 0 Å². The van der Waals surface area contributed by atoms with Crippen molar-refractivity contribution in [2.45, 2.75) is 16.6 Å². The molecule has 2 amide bonds. The number of hydrogen-bond acceptors (Lipinski definition) is 7. The average Bonchev–Trinajstić information content (AvgIpc) is 2.97. The van der Waals surface area contributed by atoms with Crippen LogP contribution >= 0.6 is 0 Å². The molecule has 41 heavy (non-hydrogen) atoms. The first-order valence-corrected chi connectivity index (χ1v) is 13.8. The van der Waals surface area contributed by atoms with E-state index in [0.717, 1.165) is 0 Å². The monoisotopic (exact) mass is 571 g/mol. The van der Waals surface area contributed by atoms with E-state index in [4.69, 9.17) is 5.73 Å². The number of aliphatic carboxylic acids is 1. The number of carbonyl (C=O) groups excluding carboxylic acids is 2. The van der Waals surface area contributed by atoms with Crippen molar-refractivity contribution in [2.75, 3.05) is 5.32 Å². The van der Waals surface area contributed by atoms with Crippen LogP contribution in [0.25, 0.3) is 0 Å². The summed E-state index contributed by atoms with van der Waals surface area (Å²) in [6.07, 6.45) is 2.07. The maximum Gasteiger partial charge on any atom is 0.305 e. The SMILES string of the molecule is NC(=Nc1ccc(C(=O)Nc2ccccc2S(=O)(=O)C(CC(=O)O)c2cccnc2)cc1)NC(=O)c1ccccc1. The van der Waals surface area contributed by atoms with Crippen LogP contribution in [0.4, 0.5) is 11.4 Å². The number of rotatable bonds is 9. The summed E-state index contributed by atoms with van der Waals surface area (Å²) < 4.78 is 27.2. The number of aromatic nitrogens is 1. The van der Waals surface area contributed by atoms with E-state index in [1.807, 2.05) is 0 Å². The van der Waals surface area contributed by atoms with Gasteiger partial charge >= 0.3 is 5.97 Å². The van der Waals surface area contributed by atoms with E-state index < -0.39 is 39.3 Å². The highest BCUT2D eigenvalue weighted by Gasteiger charge is 2.33. The predicted molar refractivity (Wildman–Crippen MR) is 152 cm³/mol. The van der Waals surface area contributed by atoms with Crippen LogP contribution in [-0.2, 0) is 14.6 Å². The van der Waals surface area contributed by atoms with Crippen LogP contribution in [-0.4, -0.2) is 42.3 Å². The molecule has 0 fully saturated rings. The fraction of sp³-hybridized carbons (Fsp3) is 0.0690. The lowest BCUT2D eigenvalue weighted by atomic mass is 10.1. The molecule has 5 N–H and O–H groups in total. The van der Waals surface area contributed by atoms with Gasteiger partial charge in [0.1, 0.15) is 5.25 Å². The van der Waals surface area contributed by atoms with Gasteiger partial charge < -0.3 is 16.2 Å². The number of para-hydroxylation sites is 1. The molecule has 1 unspecified atom stereocenters. The predicted octanol–water partition coefficient (Wildman–Crippen LogP) is 3.70. The number of carboxylic acids is 1. The molecular weight excluding hydrogens is 546 g/mol. The molecular formula is C29H25N5O6S. The van der Waals surface area contributed by atoms with Crippen LogP contribution < -0.4 is 16.4 Å². The smallest absolute Gasteiger partial charge is 0.305 e. The molecule has 0 saturated carbocycles.